The molecule has 0 bridgehead atoms. The fourth-order valence-electron chi connectivity index (χ4n) is 2.14. The number of carbonyl (C=O) groups excluding carboxylic acids is 1. The molecule has 0 saturated heterocycles. The second-order valence-electron chi connectivity index (χ2n) is 5.44. The summed E-state index contributed by atoms with van der Waals surface area (Å²) in [4.78, 5) is 20.1. The number of ether oxygens (including phenoxy) is 1. The van der Waals surface area contributed by atoms with Gasteiger partial charge < -0.3 is 20.5 Å². The second-order valence-corrected chi connectivity index (χ2v) is 6.47. The van der Waals surface area contributed by atoms with Gasteiger partial charge in [0, 0.05) is 31.9 Å². The van der Waals surface area contributed by atoms with Gasteiger partial charge in [-0.3, -0.25) is 9.78 Å². The normalized spacial score (nSPS) is 12.0. The number of fused-ring (bicyclic) bond motifs is 1. The lowest BCUT2D eigenvalue weighted by Crippen LogP contribution is -2.18. The van der Waals surface area contributed by atoms with Gasteiger partial charge in [0.05, 0.1) is 16.3 Å². The number of aliphatic hydroxyl groups is 1. The summed E-state index contributed by atoms with van der Waals surface area (Å²) in [6, 6.07) is 8.86. The Hall–Kier alpha value is -2.71. The number of thiazole rings is 1. The van der Waals surface area contributed by atoms with Gasteiger partial charge in [-0.25, -0.2) is 4.98 Å². The van der Waals surface area contributed by atoms with Crippen molar-refractivity contribution in [3.63, 3.8) is 0 Å². The van der Waals surface area contributed by atoms with Crippen molar-refractivity contribution in [1.29, 1.82) is 0 Å². The van der Waals surface area contributed by atoms with Crippen LogP contribution in [0.2, 0.25) is 0 Å². The third-order valence-corrected chi connectivity index (χ3v) is 4.31. The molecule has 3 rings (SSSR count). The van der Waals surface area contributed by atoms with Crippen LogP contribution in [0.5, 0.6) is 11.5 Å². The van der Waals surface area contributed by atoms with Crippen LogP contribution in [0.4, 0.5) is 5.13 Å². The number of aromatic nitrogens is 2. The van der Waals surface area contributed by atoms with Gasteiger partial charge in [-0.15, -0.1) is 0 Å². The second kappa shape index (κ2) is 7.45. The minimum absolute atomic E-state index is 0.266. The summed E-state index contributed by atoms with van der Waals surface area (Å²) in [6.07, 6.45) is 1.09. The average Bonchev–Trinajstić information content (AvgIpc) is 3.01. The fourth-order valence-corrected chi connectivity index (χ4v) is 3.04. The van der Waals surface area contributed by atoms with Crippen LogP contribution in [0.1, 0.15) is 17.4 Å². The molecule has 25 heavy (non-hydrogen) atoms. The monoisotopic (exact) mass is 358 g/mol. The Balaban J connectivity index is 1.79. The smallest absolute Gasteiger partial charge is 0.269 e. The highest BCUT2D eigenvalue weighted by atomic mass is 32.1. The molecule has 130 valence electrons. The summed E-state index contributed by atoms with van der Waals surface area (Å²) >= 11 is 1.49. The highest BCUT2D eigenvalue weighted by Gasteiger charge is 2.09. The van der Waals surface area contributed by atoms with E-state index in [4.69, 9.17) is 4.74 Å². The standard InChI is InChI=1S/C17H18N4O3S/c1-10(22)9-20-17-21-13-4-3-11(8-15(13)25-17)24-12-5-6-19-14(7-12)16(23)18-2/h3-8,10,22H,9H2,1-2H3,(H,18,23)(H,20,21)/t10-/m1/s1. The van der Waals surface area contributed by atoms with Gasteiger partial charge in [-0.2, -0.15) is 0 Å². The molecule has 7 nitrogen and oxygen atoms in total. The number of anilines is 1. The van der Waals surface area contributed by atoms with Crippen molar-refractivity contribution in [2.24, 2.45) is 0 Å². The van der Waals surface area contributed by atoms with E-state index in [0.29, 0.717) is 23.7 Å². The zero-order chi connectivity index (χ0) is 17.8. The molecule has 1 aromatic carbocycles. The first-order chi connectivity index (χ1) is 12.0. The number of nitrogens with zero attached hydrogens (tertiary/aromatic N) is 2. The van der Waals surface area contributed by atoms with Gasteiger partial charge in [-0.05, 0) is 25.1 Å². The van der Waals surface area contributed by atoms with Gasteiger partial charge in [0.2, 0.25) is 0 Å². The molecule has 1 amide bonds. The van der Waals surface area contributed by atoms with E-state index in [9.17, 15) is 9.90 Å². The minimum Gasteiger partial charge on any atom is -0.457 e. The number of nitrogens with one attached hydrogen (secondary N) is 2. The predicted molar refractivity (Wildman–Crippen MR) is 97.5 cm³/mol. The number of benzene rings is 1. The quantitative estimate of drug-likeness (QED) is 0.627. The highest BCUT2D eigenvalue weighted by molar-refractivity contribution is 7.22. The maximum atomic E-state index is 11.6. The molecule has 0 spiro atoms. The van der Waals surface area contributed by atoms with Crippen molar-refractivity contribution in [3.8, 4) is 11.5 Å². The van der Waals surface area contributed by atoms with E-state index in [1.165, 1.54) is 17.5 Å². The van der Waals surface area contributed by atoms with Crippen molar-refractivity contribution < 1.29 is 14.6 Å². The number of pyridine rings is 1. The number of amides is 1. The SMILES string of the molecule is CNC(=O)c1cc(Oc2ccc3nc(NC[C@@H](C)O)sc3c2)ccn1. The molecule has 8 heteroatoms. The number of hydrogen-bond donors (Lipinski definition) is 3. The van der Waals surface area contributed by atoms with E-state index >= 15 is 0 Å². The Bertz CT molecular complexity index is 894. The molecule has 2 aromatic heterocycles. The van der Waals surface area contributed by atoms with E-state index < -0.39 is 6.10 Å². The van der Waals surface area contributed by atoms with Crippen LogP contribution in [0, 0.1) is 0 Å². The molecule has 0 saturated carbocycles. The Labute approximate surface area is 148 Å². The molecule has 2 heterocycles. The minimum atomic E-state index is -0.438. The van der Waals surface area contributed by atoms with Crippen LogP contribution in [0.15, 0.2) is 36.5 Å². The van der Waals surface area contributed by atoms with Crippen molar-refractivity contribution >= 4 is 32.6 Å². The molecular weight excluding hydrogens is 340 g/mol. The summed E-state index contributed by atoms with van der Waals surface area (Å²) < 4.78 is 6.79. The summed E-state index contributed by atoms with van der Waals surface area (Å²) in [5.74, 6) is 0.911. The molecule has 0 aliphatic carbocycles. The maximum Gasteiger partial charge on any atom is 0.269 e. The van der Waals surface area contributed by atoms with E-state index in [1.807, 2.05) is 18.2 Å². The van der Waals surface area contributed by atoms with Gasteiger partial charge in [0.15, 0.2) is 5.13 Å². The molecule has 1 atom stereocenters. The Morgan fingerprint density at radius 3 is 2.88 bits per heavy atom. The van der Waals surface area contributed by atoms with Crippen molar-refractivity contribution in [2.75, 3.05) is 18.9 Å². The molecule has 0 aliphatic rings. The molecule has 3 aromatic rings. The lowest BCUT2D eigenvalue weighted by Gasteiger charge is -2.06. The van der Waals surface area contributed by atoms with Crippen LogP contribution >= 0.6 is 11.3 Å². The van der Waals surface area contributed by atoms with E-state index in [1.54, 1.807) is 26.1 Å². The van der Waals surface area contributed by atoms with Crippen LogP contribution in [0.3, 0.4) is 0 Å². The Morgan fingerprint density at radius 2 is 2.12 bits per heavy atom. The summed E-state index contributed by atoms with van der Waals surface area (Å²) in [5, 5.41) is 15.7. The first-order valence-corrected chi connectivity index (χ1v) is 8.55. The molecule has 0 fully saturated rings. The van der Waals surface area contributed by atoms with Crippen molar-refractivity contribution in [2.45, 2.75) is 13.0 Å². The number of aliphatic hydroxyl groups excluding tert-OH is 1. The first kappa shape index (κ1) is 17.1. The molecule has 0 unspecified atom stereocenters. The Kier molecular flexibility index (Phi) is 5.11. The van der Waals surface area contributed by atoms with Crippen LogP contribution in [-0.2, 0) is 0 Å². The predicted octanol–water partition coefficient (Wildman–Crippen LogP) is 2.64. The lowest BCUT2D eigenvalue weighted by molar-refractivity contribution is 0.0958. The molecule has 3 N–H and O–H groups in total. The van der Waals surface area contributed by atoms with Crippen LogP contribution in [-0.4, -0.2) is 40.7 Å². The third-order valence-electron chi connectivity index (χ3n) is 3.34. The van der Waals surface area contributed by atoms with Gasteiger partial charge in [0.1, 0.15) is 17.2 Å². The zero-order valence-corrected chi connectivity index (χ0v) is 14.6. The lowest BCUT2D eigenvalue weighted by atomic mass is 10.3. The van der Waals surface area contributed by atoms with Crippen LogP contribution in [0.25, 0.3) is 10.2 Å². The van der Waals surface area contributed by atoms with Gasteiger partial charge in [0.25, 0.3) is 5.91 Å². The number of carbonyl (C=O) groups is 1. The van der Waals surface area contributed by atoms with E-state index in [-0.39, 0.29) is 5.91 Å². The topological polar surface area (TPSA) is 96.4 Å². The summed E-state index contributed by atoms with van der Waals surface area (Å²) in [6.45, 7) is 2.16. The highest BCUT2D eigenvalue weighted by Crippen LogP contribution is 2.31. The van der Waals surface area contributed by atoms with Crippen molar-refractivity contribution in [1.82, 2.24) is 15.3 Å². The number of rotatable bonds is 6. The van der Waals surface area contributed by atoms with E-state index in [2.05, 4.69) is 20.6 Å². The van der Waals surface area contributed by atoms with Gasteiger partial charge in [-0.1, -0.05) is 11.3 Å². The molecule has 0 aliphatic heterocycles. The first-order valence-electron chi connectivity index (χ1n) is 7.73. The van der Waals surface area contributed by atoms with Crippen molar-refractivity contribution in [3.05, 3.63) is 42.2 Å². The maximum absolute atomic E-state index is 11.6. The summed E-state index contributed by atoms with van der Waals surface area (Å²) in [7, 11) is 1.55. The van der Waals surface area contributed by atoms with Crippen LogP contribution < -0.4 is 15.4 Å². The fraction of sp³-hybridized carbons (Fsp3) is 0.235. The number of hydrogen-bond acceptors (Lipinski definition) is 7. The summed E-state index contributed by atoms with van der Waals surface area (Å²) in [5.41, 5.74) is 1.15. The average molecular weight is 358 g/mol. The molecular formula is C17H18N4O3S. The van der Waals surface area contributed by atoms with Gasteiger partial charge >= 0.3 is 0 Å². The molecule has 0 radical (unpaired) electrons. The Morgan fingerprint density at radius 1 is 1.32 bits per heavy atom. The zero-order valence-electron chi connectivity index (χ0n) is 13.8. The third kappa shape index (κ3) is 4.23. The van der Waals surface area contributed by atoms with E-state index in [0.717, 1.165) is 15.3 Å². The largest absolute Gasteiger partial charge is 0.457 e.